The Morgan fingerprint density at radius 1 is 1.09 bits per heavy atom. The third-order valence-corrected chi connectivity index (χ3v) is 3.90. The van der Waals surface area contributed by atoms with Crippen LogP contribution in [0.1, 0.15) is 16.1 Å². The van der Waals surface area contributed by atoms with Crippen molar-refractivity contribution in [2.24, 2.45) is 5.18 Å². The Bertz CT molecular complexity index is 667. The van der Waals surface area contributed by atoms with Gasteiger partial charge in [0.2, 0.25) is 0 Å². The molecule has 0 aliphatic carbocycles. The first kappa shape index (κ1) is 15.1. The van der Waals surface area contributed by atoms with Gasteiger partial charge in [-0.2, -0.15) is 4.91 Å². The summed E-state index contributed by atoms with van der Waals surface area (Å²) in [6.45, 7) is 3.01. The molecule has 23 heavy (non-hydrogen) atoms. The Morgan fingerprint density at radius 3 is 2.43 bits per heavy atom. The number of carbonyl (C=O) groups excluding carboxylic acids is 1. The molecule has 1 amide bonds. The van der Waals surface area contributed by atoms with Crippen LogP contribution in [-0.2, 0) is 6.54 Å². The first-order valence-corrected chi connectivity index (χ1v) is 7.46. The highest BCUT2D eigenvalue weighted by molar-refractivity contribution is 5.92. The third kappa shape index (κ3) is 3.50. The van der Waals surface area contributed by atoms with Crippen LogP contribution in [0.3, 0.4) is 0 Å². The molecule has 7 nitrogen and oxygen atoms in total. The van der Waals surface area contributed by atoms with E-state index in [1.54, 1.807) is 11.1 Å². The van der Waals surface area contributed by atoms with Gasteiger partial charge in [0, 0.05) is 44.3 Å². The molecule has 1 saturated heterocycles. The van der Waals surface area contributed by atoms with E-state index < -0.39 is 0 Å². The summed E-state index contributed by atoms with van der Waals surface area (Å²) in [4.78, 5) is 34.6. The lowest BCUT2D eigenvalue weighted by atomic mass is 10.2. The highest BCUT2D eigenvalue weighted by Crippen LogP contribution is 2.18. The molecule has 7 heteroatoms. The van der Waals surface area contributed by atoms with E-state index >= 15 is 0 Å². The van der Waals surface area contributed by atoms with Crippen molar-refractivity contribution in [3.05, 3.63) is 59.0 Å². The van der Waals surface area contributed by atoms with Gasteiger partial charge in [-0.1, -0.05) is 17.3 Å². The minimum absolute atomic E-state index is 0.0786. The van der Waals surface area contributed by atoms with E-state index in [9.17, 15) is 9.70 Å². The van der Waals surface area contributed by atoms with Crippen molar-refractivity contribution in [3.63, 3.8) is 0 Å². The van der Waals surface area contributed by atoms with Crippen molar-refractivity contribution >= 4 is 11.6 Å². The predicted molar refractivity (Wildman–Crippen MR) is 86.1 cm³/mol. The molecule has 0 spiro atoms. The van der Waals surface area contributed by atoms with Gasteiger partial charge >= 0.3 is 0 Å². The second kappa shape index (κ2) is 6.95. The van der Waals surface area contributed by atoms with Crippen LogP contribution in [0, 0.1) is 4.91 Å². The van der Waals surface area contributed by atoms with E-state index in [2.05, 4.69) is 20.0 Å². The summed E-state index contributed by atoms with van der Waals surface area (Å²) in [7, 11) is 0. The second-order valence-electron chi connectivity index (χ2n) is 5.32. The first-order chi connectivity index (χ1) is 11.3. The summed E-state index contributed by atoms with van der Waals surface area (Å²) < 4.78 is 0. The summed E-state index contributed by atoms with van der Waals surface area (Å²) in [5.74, 6) is -0.0786. The lowest BCUT2D eigenvalue weighted by Gasteiger charge is -2.36. The summed E-state index contributed by atoms with van der Waals surface area (Å²) in [5, 5.41) is 2.89. The standard InChI is InChI=1S/C16H17N5O2/c22-16(15-12-17-5-6-18-15)21-9-7-20(8-10-21)14-3-1-13(2-4-14)11-19-23/h1-6,12H,7-11H2. The van der Waals surface area contributed by atoms with Gasteiger partial charge in [0.05, 0.1) is 6.20 Å². The fourth-order valence-corrected chi connectivity index (χ4v) is 2.63. The van der Waals surface area contributed by atoms with Crippen LogP contribution in [0.5, 0.6) is 0 Å². The van der Waals surface area contributed by atoms with E-state index in [4.69, 9.17) is 0 Å². The van der Waals surface area contributed by atoms with Gasteiger partial charge in [0.15, 0.2) is 0 Å². The largest absolute Gasteiger partial charge is 0.368 e. The summed E-state index contributed by atoms with van der Waals surface area (Å²) in [5.41, 5.74) is 2.37. The van der Waals surface area contributed by atoms with Crippen LogP contribution >= 0.6 is 0 Å². The Balaban J connectivity index is 1.60. The smallest absolute Gasteiger partial charge is 0.274 e. The zero-order valence-electron chi connectivity index (χ0n) is 12.6. The predicted octanol–water partition coefficient (Wildman–Crippen LogP) is 1.71. The Kier molecular flexibility index (Phi) is 4.56. The quantitative estimate of drug-likeness (QED) is 0.803. The van der Waals surface area contributed by atoms with Crippen molar-refractivity contribution in [2.45, 2.75) is 6.54 Å². The van der Waals surface area contributed by atoms with Crippen LogP contribution in [0.25, 0.3) is 0 Å². The fourth-order valence-electron chi connectivity index (χ4n) is 2.63. The molecule has 118 valence electrons. The minimum atomic E-state index is -0.0786. The van der Waals surface area contributed by atoms with E-state index in [1.165, 1.54) is 12.4 Å². The molecule has 0 N–H and O–H groups in total. The number of benzene rings is 1. The normalized spacial score (nSPS) is 14.6. The summed E-state index contributed by atoms with van der Waals surface area (Å²) >= 11 is 0. The number of carbonyl (C=O) groups is 1. The van der Waals surface area contributed by atoms with Crippen molar-refractivity contribution < 1.29 is 4.79 Å². The number of piperazine rings is 1. The Hall–Kier alpha value is -2.83. The van der Waals surface area contributed by atoms with Gasteiger partial charge in [-0.15, -0.1) is 0 Å². The van der Waals surface area contributed by atoms with E-state index in [0.29, 0.717) is 18.8 Å². The molecule has 1 aromatic heterocycles. The lowest BCUT2D eigenvalue weighted by Crippen LogP contribution is -2.49. The van der Waals surface area contributed by atoms with Crippen molar-refractivity contribution in [3.8, 4) is 0 Å². The lowest BCUT2D eigenvalue weighted by molar-refractivity contribution is 0.0740. The Morgan fingerprint density at radius 2 is 1.83 bits per heavy atom. The van der Waals surface area contributed by atoms with Gasteiger partial charge in [-0.05, 0) is 17.7 Å². The molecule has 1 aliphatic rings. The molecular formula is C16H17N5O2. The SMILES string of the molecule is O=NCc1ccc(N2CCN(C(=O)c3cnccn3)CC2)cc1. The van der Waals surface area contributed by atoms with Crippen LogP contribution in [0.15, 0.2) is 48.0 Å². The Labute approximate surface area is 133 Å². The average Bonchev–Trinajstić information content (AvgIpc) is 2.63. The van der Waals surface area contributed by atoms with E-state index in [1.807, 2.05) is 24.3 Å². The highest BCUT2D eigenvalue weighted by Gasteiger charge is 2.23. The molecule has 0 saturated carbocycles. The summed E-state index contributed by atoms with van der Waals surface area (Å²) in [6, 6.07) is 7.79. The van der Waals surface area contributed by atoms with Crippen LogP contribution < -0.4 is 4.90 Å². The molecule has 0 unspecified atom stereocenters. The molecule has 2 heterocycles. The fraction of sp³-hybridized carbons (Fsp3) is 0.312. The average molecular weight is 311 g/mol. The van der Waals surface area contributed by atoms with Crippen molar-refractivity contribution in [1.82, 2.24) is 14.9 Å². The molecule has 1 aromatic carbocycles. The van der Waals surface area contributed by atoms with Crippen molar-refractivity contribution in [1.29, 1.82) is 0 Å². The molecule has 3 rings (SSSR count). The highest BCUT2D eigenvalue weighted by atomic mass is 16.3. The first-order valence-electron chi connectivity index (χ1n) is 7.46. The molecule has 2 aromatic rings. The van der Waals surface area contributed by atoms with Crippen LogP contribution in [-0.4, -0.2) is 47.0 Å². The third-order valence-electron chi connectivity index (χ3n) is 3.90. The number of hydrogen-bond acceptors (Lipinski definition) is 6. The van der Waals surface area contributed by atoms with Gasteiger partial charge in [-0.25, -0.2) is 4.98 Å². The number of anilines is 1. The zero-order valence-corrected chi connectivity index (χ0v) is 12.6. The van der Waals surface area contributed by atoms with Crippen LogP contribution in [0.2, 0.25) is 0 Å². The van der Waals surface area contributed by atoms with Gasteiger partial charge in [0.25, 0.3) is 5.91 Å². The second-order valence-corrected chi connectivity index (χ2v) is 5.32. The molecule has 0 atom stereocenters. The summed E-state index contributed by atoms with van der Waals surface area (Å²) in [6.07, 6.45) is 4.58. The number of amides is 1. The van der Waals surface area contributed by atoms with Gasteiger partial charge < -0.3 is 9.80 Å². The number of rotatable bonds is 4. The number of nitroso groups, excluding NO2 is 1. The van der Waals surface area contributed by atoms with Gasteiger partial charge in [0.1, 0.15) is 12.2 Å². The van der Waals surface area contributed by atoms with E-state index in [0.717, 1.165) is 24.3 Å². The maximum absolute atomic E-state index is 12.3. The minimum Gasteiger partial charge on any atom is -0.368 e. The van der Waals surface area contributed by atoms with Gasteiger partial charge in [-0.3, -0.25) is 9.78 Å². The molecule has 1 aliphatic heterocycles. The maximum Gasteiger partial charge on any atom is 0.274 e. The monoisotopic (exact) mass is 311 g/mol. The molecule has 1 fully saturated rings. The van der Waals surface area contributed by atoms with Crippen molar-refractivity contribution in [2.75, 3.05) is 31.1 Å². The molecular weight excluding hydrogens is 294 g/mol. The number of hydrogen-bond donors (Lipinski definition) is 0. The zero-order chi connectivity index (χ0) is 16.1. The molecule has 0 bridgehead atoms. The number of aromatic nitrogens is 2. The topological polar surface area (TPSA) is 78.8 Å². The number of nitrogens with zero attached hydrogens (tertiary/aromatic N) is 5. The van der Waals surface area contributed by atoms with E-state index in [-0.39, 0.29) is 12.5 Å². The molecule has 0 radical (unpaired) electrons. The maximum atomic E-state index is 12.3. The van der Waals surface area contributed by atoms with Crippen LogP contribution in [0.4, 0.5) is 5.69 Å².